The zero-order chi connectivity index (χ0) is 0. The van der Waals surface area contributed by atoms with Crippen LogP contribution in [0.2, 0.25) is 0 Å². The largest absolute Gasteiger partial charge is 2.00 e. The molecule has 0 saturated carbocycles. The van der Waals surface area contributed by atoms with E-state index in [0.717, 1.165) is 0 Å². The molecule has 0 fully saturated rings. The molecule has 0 rings (SSSR count). The minimum atomic E-state index is 0. The average molecular weight is 527 g/mol. The summed E-state index contributed by atoms with van der Waals surface area (Å²) >= 11 is 0. The third kappa shape index (κ3) is 19.1. The van der Waals surface area contributed by atoms with Crippen LogP contribution in [0.25, 0.3) is 0 Å². The van der Waals surface area contributed by atoms with Crippen LogP contribution in [0, 0.1) is 0 Å². The molecule has 0 aliphatic heterocycles. The summed E-state index contributed by atoms with van der Waals surface area (Å²) in [6, 6.07) is 0. The zero-order valence-corrected chi connectivity index (χ0v) is 15.5. The average Bonchev–Trinajstić information content (AvgIpc) is 0. The van der Waals surface area contributed by atoms with Crippen LogP contribution in [0.15, 0.2) is 0 Å². The minimum Gasteiger partial charge on any atom is -2.00 e. The zero-order valence-electron chi connectivity index (χ0n) is 2.62. The van der Waals surface area contributed by atoms with Crippen molar-refractivity contribution in [1.29, 1.82) is 0 Å². The first-order valence-electron chi connectivity index (χ1n) is 0. The molecule has 0 unspecified atom stereocenters. The van der Waals surface area contributed by atoms with Crippen molar-refractivity contribution in [2.45, 2.75) is 0 Å². The van der Waals surface area contributed by atoms with Crippen LogP contribution in [-0.2, 0) is 32.8 Å². The normalized spacial score (nSPS) is 0. The van der Waals surface area contributed by atoms with Gasteiger partial charge in [-0.2, -0.15) is 0 Å². The molecular formula is CdGeOPbSn. The summed E-state index contributed by atoms with van der Waals surface area (Å²) in [7, 11) is 0. The van der Waals surface area contributed by atoms with Gasteiger partial charge in [-0.1, -0.05) is 0 Å². The van der Waals surface area contributed by atoms with Crippen molar-refractivity contribution in [3.8, 4) is 0 Å². The van der Waals surface area contributed by atoms with Crippen molar-refractivity contribution in [3.05, 3.63) is 0 Å². The molecule has 20 valence electrons. The van der Waals surface area contributed by atoms with E-state index in [1.165, 1.54) is 0 Å². The molecule has 0 aliphatic carbocycles. The first-order valence-corrected chi connectivity index (χ1v) is 0. The fourth-order valence-corrected chi connectivity index (χ4v) is 0. The van der Waals surface area contributed by atoms with Crippen LogP contribution in [0.3, 0.4) is 0 Å². The van der Waals surface area contributed by atoms with E-state index >= 15 is 0 Å². The Bertz CT molecular complexity index is 11.6. The van der Waals surface area contributed by atoms with Crippen LogP contribution in [0.5, 0.6) is 0 Å². The van der Waals surface area contributed by atoms with Crippen LogP contribution >= 0.6 is 0 Å². The molecule has 5 heteroatoms. The predicted molar refractivity (Wildman–Crippen MR) is 17.9 cm³/mol. The number of hydrogen-bond donors (Lipinski definition) is 0. The van der Waals surface area contributed by atoms with Gasteiger partial charge >= 0.3 is 27.3 Å². The molecule has 0 aromatic carbocycles. The minimum absolute atomic E-state index is 0. The summed E-state index contributed by atoms with van der Waals surface area (Å²) in [6.45, 7) is 0. The Balaban J connectivity index is 0. The summed E-state index contributed by atoms with van der Waals surface area (Å²) in [5.41, 5.74) is 0. The van der Waals surface area contributed by atoms with Gasteiger partial charge in [0.1, 0.15) is 0 Å². The molecule has 0 spiro atoms. The Morgan fingerprint density at radius 1 is 1.00 bits per heavy atom. The van der Waals surface area contributed by atoms with Gasteiger partial charge in [0.15, 0.2) is 0 Å². The van der Waals surface area contributed by atoms with E-state index in [1.54, 1.807) is 0 Å². The monoisotopic (exact) mass is 532 g/mol. The molecule has 0 saturated heterocycles. The molecule has 5 heavy (non-hydrogen) atoms. The van der Waals surface area contributed by atoms with E-state index < -0.39 is 0 Å². The predicted octanol–water partition coefficient (Wildman–Crippen LogP) is -1.26. The van der Waals surface area contributed by atoms with Gasteiger partial charge in [0.05, 0.1) is 0 Å². The van der Waals surface area contributed by atoms with E-state index in [4.69, 9.17) is 0 Å². The maximum absolute atomic E-state index is 0. The Labute approximate surface area is 99.6 Å². The Morgan fingerprint density at radius 2 is 1.00 bits per heavy atom. The van der Waals surface area contributed by atoms with E-state index in [9.17, 15) is 0 Å². The van der Waals surface area contributed by atoms with Gasteiger partial charge in [0.25, 0.3) is 0 Å². The van der Waals surface area contributed by atoms with E-state index in [1.807, 2.05) is 0 Å². The maximum atomic E-state index is 0. The molecule has 0 N–H and O–H groups in total. The van der Waals surface area contributed by atoms with Crippen LogP contribution < -0.4 is 0 Å². The Morgan fingerprint density at radius 3 is 1.00 bits per heavy atom. The van der Waals surface area contributed by atoms with E-state index in [0.29, 0.717) is 0 Å². The van der Waals surface area contributed by atoms with Crippen molar-refractivity contribution in [3.63, 3.8) is 0 Å². The molecule has 10 radical (unpaired) electrons. The van der Waals surface area contributed by atoms with Crippen molar-refractivity contribution in [2.24, 2.45) is 0 Å². The standard InChI is InChI=1S/Cd.Ge.O.Pb.Sn/q;;-2;+2;. The van der Waals surface area contributed by atoms with Gasteiger partial charge in [0.2, 0.25) is 0 Å². The topological polar surface area (TPSA) is 28.5 Å². The van der Waals surface area contributed by atoms with Crippen molar-refractivity contribution in [2.75, 3.05) is 0 Å². The summed E-state index contributed by atoms with van der Waals surface area (Å²) in [4.78, 5) is 0. The molecule has 0 amide bonds. The Hall–Kier alpha value is 3.15. The van der Waals surface area contributed by atoms with Crippen LogP contribution in [0.4, 0.5) is 0 Å². The van der Waals surface area contributed by atoms with Crippen LogP contribution in [-0.4, -0.2) is 68.8 Å². The van der Waals surface area contributed by atoms with Gasteiger partial charge in [-0.05, 0) is 0 Å². The van der Waals surface area contributed by atoms with Gasteiger partial charge in [-0.3, -0.25) is 0 Å². The first-order chi connectivity index (χ1) is 0. The number of rotatable bonds is 0. The molecule has 0 bridgehead atoms. The fraction of sp³-hybridized carbons (Fsp3) is 0. The SMILES string of the molecule is [Cd].[Ge].[O-2].[Pb+2].[Sn]. The molecule has 0 aliphatic rings. The third-order valence-electron chi connectivity index (χ3n) is 0. The third-order valence-corrected chi connectivity index (χ3v) is 0. The van der Waals surface area contributed by atoms with Crippen molar-refractivity contribution in [1.82, 2.24) is 0 Å². The van der Waals surface area contributed by atoms with Gasteiger partial charge < -0.3 is 5.48 Å². The van der Waals surface area contributed by atoms with Gasteiger partial charge in [-0.15, -0.1) is 0 Å². The van der Waals surface area contributed by atoms with E-state index in [-0.39, 0.29) is 102 Å². The summed E-state index contributed by atoms with van der Waals surface area (Å²) in [5.74, 6) is 0. The maximum Gasteiger partial charge on any atom is 2.00 e. The molecule has 1 nitrogen and oxygen atoms in total. The van der Waals surface area contributed by atoms with E-state index in [2.05, 4.69) is 0 Å². The molecule has 0 heterocycles. The summed E-state index contributed by atoms with van der Waals surface area (Å²) < 4.78 is 0. The quantitative estimate of drug-likeness (QED) is 0.353. The molecule has 0 aromatic heterocycles. The Kier molecular flexibility index (Phi) is 229. The second kappa shape index (κ2) is 27.3. The fourth-order valence-electron chi connectivity index (χ4n) is 0. The molecular weight excluding hydrogens is 527 g/mol. The second-order valence-corrected chi connectivity index (χ2v) is 0. The second-order valence-electron chi connectivity index (χ2n) is 0. The summed E-state index contributed by atoms with van der Waals surface area (Å²) in [5, 5.41) is 0. The van der Waals surface area contributed by atoms with Gasteiger partial charge in [0, 0.05) is 68.8 Å². The van der Waals surface area contributed by atoms with Crippen molar-refractivity contribution >= 4 is 68.8 Å². The smallest absolute Gasteiger partial charge is 2.00 e. The van der Waals surface area contributed by atoms with Crippen molar-refractivity contribution < 1.29 is 32.8 Å². The molecule has 0 atom stereocenters. The first kappa shape index (κ1) is 42.0. The summed E-state index contributed by atoms with van der Waals surface area (Å²) in [6.07, 6.45) is 0. The number of hydrogen-bond acceptors (Lipinski definition) is 0. The molecule has 0 aromatic rings. The van der Waals surface area contributed by atoms with Gasteiger partial charge in [-0.25, -0.2) is 0 Å². The van der Waals surface area contributed by atoms with Crippen LogP contribution in [0.1, 0.15) is 0 Å².